The second kappa shape index (κ2) is 3.10. The Morgan fingerprint density at radius 2 is 2.14 bits per heavy atom. The minimum Gasteiger partial charge on any atom is -0.303 e. The van der Waals surface area contributed by atoms with E-state index in [4.69, 9.17) is 11.6 Å². The van der Waals surface area contributed by atoms with Crippen LogP contribution in [0.4, 0.5) is 0 Å². The number of aryl methyl sites for hydroxylation is 2. The van der Waals surface area contributed by atoms with Gasteiger partial charge in [-0.3, -0.25) is 4.79 Å². The van der Waals surface area contributed by atoms with Gasteiger partial charge in [-0.1, -0.05) is 11.6 Å². The summed E-state index contributed by atoms with van der Waals surface area (Å²) in [5, 5.41) is 0.576. The normalized spacial score (nSPS) is 10.8. The van der Waals surface area contributed by atoms with Crippen molar-refractivity contribution in [2.24, 2.45) is 0 Å². The fourth-order valence-corrected chi connectivity index (χ4v) is 1.80. The van der Waals surface area contributed by atoms with E-state index in [0.29, 0.717) is 16.4 Å². The molecule has 14 heavy (non-hydrogen) atoms. The van der Waals surface area contributed by atoms with E-state index in [0.717, 1.165) is 5.52 Å². The highest BCUT2D eigenvalue weighted by molar-refractivity contribution is 6.34. The molecule has 2 aromatic rings. The SMILES string of the molecule is Cc1c(=O)nc(C)n2cccc(Cl)c12. The van der Waals surface area contributed by atoms with E-state index >= 15 is 0 Å². The zero-order valence-corrected chi connectivity index (χ0v) is 8.67. The molecule has 0 unspecified atom stereocenters. The fraction of sp³-hybridized carbons (Fsp3) is 0.200. The first-order valence-corrected chi connectivity index (χ1v) is 4.63. The summed E-state index contributed by atoms with van der Waals surface area (Å²) in [6, 6.07) is 3.59. The van der Waals surface area contributed by atoms with Gasteiger partial charge in [-0.2, -0.15) is 4.98 Å². The van der Waals surface area contributed by atoms with E-state index in [1.165, 1.54) is 0 Å². The summed E-state index contributed by atoms with van der Waals surface area (Å²) in [6.45, 7) is 3.51. The van der Waals surface area contributed by atoms with Gasteiger partial charge in [0.05, 0.1) is 10.5 Å². The molecular formula is C10H9ClN2O. The van der Waals surface area contributed by atoms with Crippen LogP contribution in [0.3, 0.4) is 0 Å². The monoisotopic (exact) mass is 208 g/mol. The summed E-state index contributed by atoms with van der Waals surface area (Å²) < 4.78 is 1.82. The van der Waals surface area contributed by atoms with Crippen LogP contribution < -0.4 is 5.56 Å². The topological polar surface area (TPSA) is 34.4 Å². The standard InChI is InChI=1S/C10H9ClN2O/c1-6-9-8(11)4-3-5-13(9)7(2)12-10(6)14/h3-5H,1-2H3. The molecule has 0 aromatic carbocycles. The maximum Gasteiger partial charge on any atom is 0.276 e. The molecule has 0 atom stereocenters. The van der Waals surface area contributed by atoms with E-state index in [9.17, 15) is 4.79 Å². The Balaban J connectivity index is 3.11. The highest BCUT2D eigenvalue weighted by atomic mass is 35.5. The molecule has 0 amide bonds. The van der Waals surface area contributed by atoms with Crippen LogP contribution in [0.2, 0.25) is 5.02 Å². The molecule has 0 spiro atoms. The van der Waals surface area contributed by atoms with Crippen molar-refractivity contribution in [2.45, 2.75) is 13.8 Å². The smallest absolute Gasteiger partial charge is 0.276 e. The summed E-state index contributed by atoms with van der Waals surface area (Å²) in [4.78, 5) is 15.3. The lowest BCUT2D eigenvalue weighted by molar-refractivity contribution is 0.942. The number of nitrogens with zero attached hydrogens (tertiary/aromatic N) is 2. The summed E-state index contributed by atoms with van der Waals surface area (Å²) in [7, 11) is 0. The van der Waals surface area contributed by atoms with E-state index in [2.05, 4.69) is 4.98 Å². The molecule has 2 aromatic heterocycles. The molecule has 4 heteroatoms. The highest BCUT2D eigenvalue weighted by Gasteiger charge is 2.07. The van der Waals surface area contributed by atoms with Gasteiger partial charge in [0, 0.05) is 11.8 Å². The van der Waals surface area contributed by atoms with Crippen LogP contribution in [0.5, 0.6) is 0 Å². The first kappa shape index (κ1) is 9.21. The average Bonchev–Trinajstić information content (AvgIpc) is 2.14. The van der Waals surface area contributed by atoms with Crippen LogP contribution in [0, 0.1) is 13.8 Å². The predicted octanol–water partition coefficient (Wildman–Crippen LogP) is 1.96. The van der Waals surface area contributed by atoms with E-state index < -0.39 is 0 Å². The van der Waals surface area contributed by atoms with E-state index in [-0.39, 0.29) is 5.56 Å². The third kappa shape index (κ3) is 1.21. The highest BCUT2D eigenvalue weighted by Crippen LogP contribution is 2.18. The average molecular weight is 209 g/mol. The molecule has 3 nitrogen and oxygen atoms in total. The number of hydrogen-bond donors (Lipinski definition) is 0. The molecule has 0 aliphatic heterocycles. The van der Waals surface area contributed by atoms with Gasteiger partial charge in [0.2, 0.25) is 0 Å². The predicted molar refractivity (Wildman–Crippen MR) is 55.9 cm³/mol. The molecule has 0 bridgehead atoms. The second-order valence-electron chi connectivity index (χ2n) is 3.16. The quantitative estimate of drug-likeness (QED) is 0.664. The molecule has 0 aliphatic carbocycles. The van der Waals surface area contributed by atoms with Crippen LogP contribution in [0.15, 0.2) is 23.1 Å². The molecule has 2 heterocycles. The molecule has 0 saturated carbocycles. The number of halogens is 1. The summed E-state index contributed by atoms with van der Waals surface area (Å²) in [6.07, 6.45) is 1.84. The third-order valence-electron chi connectivity index (χ3n) is 2.23. The zero-order chi connectivity index (χ0) is 10.3. The van der Waals surface area contributed by atoms with Crippen molar-refractivity contribution < 1.29 is 0 Å². The summed E-state index contributed by atoms with van der Waals surface area (Å²) in [5.74, 6) is 0.651. The first-order valence-electron chi connectivity index (χ1n) is 4.25. The Bertz CT molecular complexity index is 560. The van der Waals surface area contributed by atoms with Crippen LogP contribution in [-0.2, 0) is 0 Å². The van der Waals surface area contributed by atoms with Crippen LogP contribution in [0.1, 0.15) is 11.4 Å². The Labute approximate surface area is 86.0 Å². The van der Waals surface area contributed by atoms with E-state index in [1.807, 2.05) is 16.7 Å². The summed E-state index contributed by atoms with van der Waals surface area (Å²) in [5.41, 5.74) is 1.11. The largest absolute Gasteiger partial charge is 0.303 e. The molecule has 0 N–H and O–H groups in total. The molecule has 0 saturated heterocycles. The van der Waals surface area contributed by atoms with Gasteiger partial charge < -0.3 is 4.40 Å². The second-order valence-corrected chi connectivity index (χ2v) is 3.57. The molecular weight excluding hydrogens is 200 g/mol. The van der Waals surface area contributed by atoms with Gasteiger partial charge in [-0.25, -0.2) is 0 Å². The third-order valence-corrected chi connectivity index (χ3v) is 2.54. The minimum atomic E-state index is -0.212. The lowest BCUT2D eigenvalue weighted by Crippen LogP contribution is -2.15. The van der Waals surface area contributed by atoms with Crippen molar-refractivity contribution >= 4 is 17.1 Å². The molecule has 2 rings (SSSR count). The maximum absolute atomic E-state index is 11.4. The number of fused-ring (bicyclic) bond motifs is 1. The molecule has 0 aliphatic rings. The molecule has 0 fully saturated rings. The number of rotatable bonds is 0. The lowest BCUT2D eigenvalue weighted by Gasteiger charge is -2.07. The van der Waals surface area contributed by atoms with Gasteiger partial charge in [0.15, 0.2) is 0 Å². The van der Waals surface area contributed by atoms with Crippen molar-refractivity contribution in [1.29, 1.82) is 0 Å². The van der Waals surface area contributed by atoms with Crippen LogP contribution in [0.25, 0.3) is 5.52 Å². The first-order chi connectivity index (χ1) is 6.61. The van der Waals surface area contributed by atoms with Gasteiger partial charge in [0.1, 0.15) is 5.82 Å². The van der Waals surface area contributed by atoms with Crippen molar-refractivity contribution in [3.63, 3.8) is 0 Å². The van der Waals surface area contributed by atoms with Crippen molar-refractivity contribution in [3.8, 4) is 0 Å². The Hall–Kier alpha value is -1.35. The van der Waals surface area contributed by atoms with E-state index in [1.54, 1.807) is 19.9 Å². The van der Waals surface area contributed by atoms with Gasteiger partial charge in [-0.05, 0) is 26.0 Å². The Morgan fingerprint density at radius 3 is 2.86 bits per heavy atom. The van der Waals surface area contributed by atoms with Crippen LogP contribution in [-0.4, -0.2) is 9.38 Å². The van der Waals surface area contributed by atoms with Crippen molar-refractivity contribution in [2.75, 3.05) is 0 Å². The van der Waals surface area contributed by atoms with Crippen molar-refractivity contribution in [1.82, 2.24) is 9.38 Å². The van der Waals surface area contributed by atoms with Crippen molar-refractivity contribution in [3.05, 3.63) is 45.1 Å². The maximum atomic E-state index is 11.4. The van der Waals surface area contributed by atoms with Gasteiger partial charge in [0.25, 0.3) is 5.56 Å². The van der Waals surface area contributed by atoms with Gasteiger partial charge >= 0.3 is 0 Å². The Kier molecular flexibility index (Phi) is 2.04. The number of pyridine rings is 1. The lowest BCUT2D eigenvalue weighted by atomic mass is 10.2. The minimum absolute atomic E-state index is 0.212. The summed E-state index contributed by atoms with van der Waals surface area (Å²) >= 11 is 6.02. The zero-order valence-electron chi connectivity index (χ0n) is 7.91. The molecule has 72 valence electrons. The fourth-order valence-electron chi connectivity index (χ4n) is 1.50. The number of aromatic nitrogens is 2. The van der Waals surface area contributed by atoms with Gasteiger partial charge in [-0.15, -0.1) is 0 Å². The molecule has 0 radical (unpaired) electrons. The number of hydrogen-bond acceptors (Lipinski definition) is 2. The Morgan fingerprint density at radius 1 is 1.43 bits per heavy atom. The van der Waals surface area contributed by atoms with Crippen LogP contribution >= 0.6 is 11.6 Å².